The summed E-state index contributed by atoms with van der Waals surface area (Å²) in [7, 11) is 0. The highest BCUT2D eigenvalue weighted by atomic mass is 16.5. The molecule has 1 heterocycles. The van der Waals surface area contributed by atoms with Crippen LogP contribution >= 0.6 is 0 Å². The van der Waals surface area contributed by atoms with Crippen molar-refractivity contribution in [2.24, 2.45) is 11.8 Å². The second-order valence-corrected chi connectivity index (χ2v) is 5.52. The standard InChI is InChI=1S/C16H20N2O4/c1-3-22-14-6-4-13(5-7-14)17-16(21)18-9-11(2)8-12(10-18)15(19)20/h3-7,11-12H,1,8-10H2,2H3,(H,17,21)(H,19,20). The Morgan fingerprint density at radius 2 is 2.05 bits per heavy atom. The number of rotatable bonds is 4. The van der Waals surface area contributed by atoms with E-state index in [1.54, 1.807) is 29.2 Å². The van der Waals surface area contributed by atoms with Gasteiger partial charge in [-0.05, 0) is 36.6 Å². The second kappa shape index (κ2) is 6.98. The van der Waals surface area contributed by atoms with Gasteiger partial charge in [-0.25, -0.2) is 4.79 Å². The Kier molecular flexibility index (Phi) is 5.04. The Morgan fingerprint density at radius 3 is 2.64 bits per heavy atom. The van der Waals surface area contributed by atoms with E-state index in [0.717, 1.165) is 0 Å². The fraction of sp³-hybridized carbons (Fsp3) is 0.375. The van der Waals surface area contributed by atoms with E-state index in [2.05, 4.69) is 11.9 Å². The van der Waals surface area contributed by atoms with Crippen LogP contribution in [0.5, 0.6) is 5.75 Å². The van der Waals surface area contributed by atoms with Crippen LogP contribution in [-0.4, -0.2) is 35.1 Å². The van der Waals surface area contributed by atoms with Crippen LogP contribution < -0.4 is 10.1 Å². The topological polar surface area (TPSA) is 78.9 Å². The minimum Gasteiger partial charge on any atom is -0.481 e. The normalized spacial score (nSPS) is 21.0. The van der Waals surface area contributed by atoms with Crippen LogP contribution in [0.2, 0.25) is 0 Å². The van der Waals surface area contributed by atoms with Gasteiger partial charge in [0.05, 0.1) is 12.2 Å². The van der Waals surface area contributed by atoms with Crippen LogP contribution in [0.4, 0.5) is 10.5 Å². The molecule has 1 aliphatic heterocycles. The van der Waals surface area contributed by atoms with Crippen molar-refractivity contribution < 1.29 is 19.4 Å². The summed E-state index contributed by atoms with van der Waals surface area (Å²) in [5.41, 5.74) is 0.631. The van der Waals surface area contributed by atoms with Gasteiger partial charge < -0.3 is 20.1 Å². The Morgan fingerprint density at radius 1 is 1.36 bits per heavy atom. The molecule has 6 nitrogen and oxygen atoms in total. The molecule has 0 saturated carbocycles. The first-order valence-electron chi connectivity index (χ1n) is 7.16. The molecule has 1 saturated heterocycles. The average Bonchev–Trinajstić information content (AvgIpc) is 2.49. The van der Waals surface area contributed by atoms with E-state index in [9.17, 15) is 9.59 Å². The van der Waals surface area contributed by atoms with Crippen molar-refractivity contribution in [3.63, 3.8) is 0 Å². The Bertz CT molecular complexity index is 556. The number of carboxylic acid groups (broad SMARTS) is 1. The van der Waals surface area contributed by atoms with Gasteiger partial charge in [-0.1, -0.05) is 13.5 Å². The molecular formula is C16H20N2O4. The number of amides is 2. The minimum atomic E-state index is -0.852. The minimum absolute atomic E-state index is 0.170. The van der Waals surface area contributed by atoms with Crippen LogP contribution in [0.15, 0.2) is 37.1 Å². The van der Waals surface area contributed by atoms with Crippen LogP contribution in [-0.2, 0) is 4.79 Å². The number of nitrogens with one attached hydrogen (secondary N) is 1. The quantitative estimate of drug-likeness (QED) is 0.838. The van der Waals surface area contributed by atoms with Gasteiger partial charge in [-0.15, -0.1) is 0 Å². The smallest absolute Gasteiger partial charge is 0.321 e. The second-order valence-electron chi connectivity index (χ2n) is 5.52. The summed E-state index contributed by atoms with van der Waals surface area (Å²) in [5, 5.41) is 11.9. The van der Waals surface area contributed by atoms with E-state index in [1.807, 2.05) is 6.92 Å². The molecule has 6 heteroatoms. The average molecular weight is 304 g/mol. The lowest BCUT2D eigenvalue weighted by atomic mass is 9.91. The highest BCUT2D eigenvalue weighted by Crippen LogP contribution is 2.23. The van der Waals surface area contributed by atoms with Gasteiger partial charge in [-0.3, -0.25) is 4.79 Å². The number of ether oxygens (including phenoxy) is 1. The molecule has 1 aliphatic rings. The molecular weight excluding hydrogens is 284 g/mol. The maximum Gasteiger partial charge on any atom is 0.321 e. The molecule has 2 rings (SSSR count). The number of carbonyl (C=O) groups excluding carboxylic acids is 1. The van der Waals surface area contributed by atoms with E-state index in [0.29, 0.717) is 24.4 Å². The molecule has 118 valence electrons. The van der Waals surface area contributed by atoms with Gasteiger partial charge in [0, 0.05) is 18.8 Å². The Balaban J connectivity index is 1.98. The summed E-state index contributed by atoms with van der Waals surface area (Å²) >= 11 is 0. The number of aliphatic carboxylic acids is 1. The number of carbonyl (C=O) groups is 2. The number of hydrogen-bond donors (Lipinski definition) is 2. The Hall–Kier alpha value is -2.50. The number of nitrogens with zero attached hydrogens (tertiary/aromatic N) is 1. The largest absolute Gasteiger partial charge is 0.481 e. The van der Waals surface area contributed by atoms with E-state index >= 15 is 0 Å². The lowest BCUT2D eigenvalue weighted by Crippen LogP contribution is -2.47. The van der Waals surface area contributed by atoms with Gasteiger partial charge in [0.15, 0.2) is 0 Å². The third-order valence-electron chi connectivity index (χ3n) is 3.62. The maximum absolute atomic E-state index is 12.3. The van der Waals surface area contributed by atoms with Crippen LogP contribution in [0.3, 0.4) is 0 Å². The Labute approximate surface area is 129 Å². The number of carboxylic acids is 1. The highest BCUT2D eigenvalue weighted by Gasteiger charge is 2.31. The summed E-state index contributed by atoms with van der Waals surface area (Å²) in [5.74, 6) is -0.553. The van der Waals surface area contributed by atoms with E-state index in [1.165, 1.54) is 6.26 Å². The zero-order valence-corrected chi connectivity index (χ0v) is 12.5. The number of urea groups is 1. The molecule has 0 bridgehead atoms. The zero-order chi connectivity index (χ0) is 16.1. The zero-order valence-electron chi connectivity index (χ0n) is 12.5. The first-order valence-corrected chi connectivity index (χ1v) is 7.16. The van der Waals surface area contributed by atoms with Crippen molar-refractivity contribution in [1.82, 2.24) is 4.90 Å². The third-order valence-corrected chi connectivity index (χ3v) is 3.62. The number of anilines is 1. The van der Waals surface area contributed by atoms with Crippen molar-refractivity contribution in [2.45, 2.75) is 13.3 Å². The van der Waals surface area contributed by atoms with Crippen molar-refractivity contribution in [3.8, 4) is 5.75 Å². The summed E-state index contributed by atoms with van der Waals surface area (Å²) in [6.45, 7) is 6.23. The molecule has 1 aromatic rings. The van der Waals surface area contributed by atoms with Gasteiger partial charge in [0.2, 0.25) is 0 Å². The molecule has 2 N–H and O–H groups in total. The first kappa shape index (κ1) is 15.9. The number of piperidine rings is 1. The molecule has 0 radical (unpaired) electrons. The van der Waals surface area contributed by atoms with Crippen molar-refractivity contribution in [1.29, 1.82) is 0 Å². The summed E-state index contributed by atoms with van der Waals surface area (Å²) in [6, 6.07) is 6.60. The molecule has 22 heavy (non-hydrogen) atoms. The van der Waals surface area contributed by atoms with Crippen molar-refractivity contribution in [2.75, 3.05) is 18.4 Å². The van der Waals surface area contributed by atoms with Crippen LogP contribution in [0, 0.1) is 11.8 Å². The van der Waals surface area contributed by atoms with E-state index in [-0.39, 0.29) is 18.5 Å². The molecule has 0 aromatic heterocycles. The molecule has 2 atom stereocenters. The first-order chi connectivity index (χ1) is 10.5. The third kappa shape index (κ3) is 4.00. The predicted molar refractivity (Wildman–Crippen MR) is 82.8 cm³/mol. The SMILES string of the molecule is C=COc1ccc(NC(=O)N2CC(C)CC(C(=O)O)C2)cc1. The lowest BCUT2D eigenvalue weighted by Gasteiger charge is -2.34. The molecule has 1 aromatic carbocycles. The molecule has 0 spiro atoms. The molecule has 2 unspecified atom stereocenters. The van der Waals surface area contributed by atoms with Gasteiger partial charge in [0.1, 0.15) is 5.75 Å². The number of likely N-dealkylation sites (tertiary alicyclic amines) is 1. The van der Waals surface area contributed by atoms with Gasteiger partial charge >= 0.3 is 12.0 Å². The lowest BCUT2D eigenvalue weighted by molar-refractivity contribution is -0.143. The molecule has 2 amide bonds. The summed E-state index contributed by atoms with van der Waals surface area (Å²) < 4.78 is 5.11. The fourth-order valence-corrected chi connectivity index (χ4v) is 2.61. The van der Waals surface area contributed by atoms with E-state index < -0.39 is 11.9 Å². The monoisotopic (exact) mass is 304 g/mol. The van der Waals surface area contributed by atoms with Crippen molar-refractivity contribution >= 4 is 17.7 Å². The maximum atomic E-state index is 12.3. The van der Waals surface area contributed by atoms with Gasteiger partial charge in [-0.2, -0.15) is 0 Å². The van der Waals surface area contributed by atoms with Gasteiger partial charge in [0.25, 0.3) is 0 Å². The molecule has 1 fully saturated rings. The summed E-state index contributed by atoms with van der Waals surface area (Å²) in [4.78, 5) is 25.0. The number of benzene rings is 1. The fourth-order valence-electron chi connectivity index (χ4n) is 2.61. The summed E-state index contributed by atoms with van der Waals surface area (Å²) in [6.07, 6.45) is 1.93. The van der Waals surface area contributed by atoms with Crippen molar-refractivity contribution in [3.05, 3.63) is 37.1 Å². The predicted octanol–water partition coefficient (Wildman–Crippen LogP) is 2.78. The highest BCUT2D eigenvalue weighted by molar-refractivity contribution is 5.89. The molecule has 0 aliphatic carbocycles. The van der Waals surface area contributed by atoms with Crippen LogP contribution in [0.1, 0.15) is 13.3 Å². The van der Waals surface area contributed by atoms with E-state index in [4.69, 9.17) is 9.84 Å². The van der Waals surface area contributed by atoms with Crippen LogP contribution in [0.25, 0.3) is 0 Å². The number of hydrogen-bond acceptors (Lipinski definition) is 3.